The van der Waals surface area contributed by atoms with Crippen molar-refractivity contribution in [2.75, 3.05) is 26.0 Å². The van der Waals surface area contributed by atoms with Crippen molar-refractivity contribution in [1.82, 2.24) is 14.6 Å². The summed E-state index contributed by atoms with van der Waals surface area (Å²) in [5.41, 5.74) is 4.21. The second kappa shape index (κ2) is 5.70. The second-order valence-electron chi connectivity index (χ2n) is 5.76. The molecule has 2 rings (SSSR count). The first-order valence-electron chi connectivity index (χ1n) is 6.81. The van der Waals surface area contributed by atoms with Crippen molar-refractivity contribution in [1.29, 1.82) is 0 Å². The summed E-state index contributed by atoms with van der Waals surface area (Å²) in [4.78, 5) is 21.0. The van der Waals surface area contributed by atoms with Crippen LogP contribution in [0.4, 0.5) is 10.2 Å². The van der Waals surface area contributed by atoms with Crippen LogP contribution in [-0.2, 0) is 4.84 Å². The van der Waals surface area contributed by atoms with Crippen LogP contribution in [-0.4, -0.2) is 45.5 Å². The summed E-state index contributed by atoms with van der Waals surface area (Å²) in [5, 5.41) is 11.1. The fourth-order valence-electron chi connectivity index (χ4n) is 2.62. The summed E-state index contributed by atoms with van der Waals surface area (Å²) >= 11 is 0. The smallest absolute Gasteiger partial charge is 0.350 e. The van der Waals surface area contributed by atoms with E-state index < -0.39 is 22.9 Å². The van der Waals surface area contributed by atoms with E-state index in [1.807, 2.05) is 13.8 Å². The average Bonchev–Trinajstić information content (AvgIpc) is 2.45. The van der Waals surface area contributed by atoms with Crippen molar-refractivity contribution in [3.63, 3.8) is 0 Å². The van der Waals surface area contributed by atoms with Crippen molar-refractivity contribution in [2.45, 2.75) is 31.8 Å². The van der Waals surface area contributed by atoms with E-state index in [0.29, 0.717) is 6.42 Å². The first-order valence-corrected chi connectivity index (χ1v) is 6.81. The maximum Gasteiger partial charge on any atom is 0.350 e. The number of anilines is 1. The van der Waals surface area contributed by atoms with E-state index in [2.05, 4.69) is 4.98 Å². The molecule has 7 nitrogen and oxygen atoms in total. The maximum atomic E-state index is 13.6. The Morgan fingerprint density at radius 2 is 2.38 bits per heavy atom. The molecule has 0 aliphatic carbocycles. The highest BCUT2D eigenvalue weighted by molar-refractivity contribution is 5.26. The Morgan fingerprint density at radius 3 is 3.00 bits per heavy atom. The summed E-state index contributed by atoms with van der Waals surface area (Å²) in [5.74, 6) is -1.21. The fraction of sp³-hybridized carbons (Fsp3) is 0.692. The van der Waals surface area contributed by atoms with E-state index >= 15 is 0 Å². The van der Waals surface area contributed by atoms with Gasteiger partial charge < -0.3 is 10.8 Å². The Hall–Kier alpha value is -1.51. The predicted molar refractivity (Wildman–Crippen MR) is 74.9 cm³/mol. The molecule has 3 N–H and O–H groups in total. The average molecular weight is 300 g/mol. The molecule has 1 aliphatic heterocycles. The number of aliphatic hydroxyl groups is 1. The van der Waals surface area contributed by atoms with E-state index in [-0.39, 0.29) is 25.2 Å². The lowest BCUT2D eigenvalue weighted by Gasteiger charge is -2.48. The van der Waals surface area contributed by atoms with Crippen LogP contribution >= 0.6 is 0 Å². The van der Waals surface area contributed by atoms with Crippen molar-refractivity contribution >= 4 is 5.82 Å². The summed E-state index contributed by atoms with van der Waals surface area (Å²) in [6, 6.07) is -0.365. The van der Waals surface area contributed by atoms with Gasteiger partial charge in [-0.05, 0) is 19.3 Å². The summed E-state index contributed by atoms with van der Waals surface area (Å²) in [6.45, 7) is 4.05. The van der Waals surface area contributed by atoms with Crippen LogP contribution in [0.3, 0.4) is 0 Å². The van der Waals surface area contributed by atoms with E-state index in [0.717, 1.165) is 6.20 Å². The molecule has 0 aromatic carbocycles. The summed E-state index contributed by atoms with van der Waals surface area (Å²) in [7, 11) is 1.78. The van der Waals surface area contributed by atoms with Gasteiger partial charge in [0.1, 0.15) is 0 Å². The molecule has 2 unspecified atom stereocenters. The molecule has 118 valence electrons. The van der Waals surface area contributed by atoms with Gasteiger partial charge in [-0.25, -0.2) is 9.18 Å². The Morgan fingerprint density at radius 1 is 1.71 bits per heavy atom. The van der Waals surface area contributed by atoms with Gasteiger partial charge in [0.2, 0.25) is 0 Å². The highest BCUT2D eigenvalue weighted by Crippen LogP contribution is 2.36. The first-order chi connectivity index (χ1) is 9.79. The molecule has 0 spiro atoms. The topological polar surface area (TPSA) is 93.6 Å². The number of rotatable bonds is 3. The van der Waals surface area contributed by atoms with Gasteiger partial charge in [-0.3, -0.25) is 9.40 Å². The Kier molecular flexibility index (Phi) is 4.31. The highest BCUT2D eigenvalue weighted by atomic mass is 19.1. The van der Waals surface area contributed by atoms with Crippen LogP contribution < -0.4 is 11.4 Å². The number of aromatic nitrogens is 2. The quantitative estimate of drug-likeness (QED) is 0.826. The molecule has 3 atom stereocenters. The van der Waals surface area contributed by atoms with Crippen molar-refractivity contribution < 1.29 is 14.3 Å². The number of hydrogen-bond donors (Lipinski definition) is 2. The second-order valence-corrected chi connectivity index (χ2v) is 5.76. The number of nitrogens with zero attached hydrogens (tertiary/aromatic N) is 3. The largest absolute Gasteiger partial charge is 0.396 e. The van der Waals surface area contributed by atoms with Crippen LogP contribution in [0, 0.1) is 11.7 Å². The van der Waals surface area contributed by atoms with E-state index in [4.69, 9.17) is 10.6 Å². The zero-order valence-electron chi connectivity index (χ0n) is 12.4. The summed E-state index contributed by atoms with van der Waals surface area (Å²) < 4.78 is 14.8. The predicted octanol–water partition coefficient (Wildman–Crippen LogP) is 0.160. The van der Waals surface area contributed by atoms with Gasteiger partial charge in [0.25, 0.3) is 0 Å². The van der Waals surface area contributed by atoms with Crippen LogP contribution in [0.2, 0.25) is 0 Å². The molecule has 1 saturated heterocycles. The van der Waals surface area contributed by atoms with Gasteiger partial charge in [0.15, 0.2) is 11.6 Å². The molecule has 0 radical (unpaired) electrons. The standard InChI is InChI=1S/C13H21FN4O3/c1-8(6-19)13(2)4-9(7-21-17(13)3)18-5-10(14)11(15)16-12(18)20/h5,8-9,19H,4,6-7H2,1-3H3,(H2,15,16,20)/t8?,9?,13-/m0/s1. The van der Waals surface area contributed by atoms with Crippen LogP contribution in [0.1, 0.15) is 26.3 Å². The first kappa shape index (κ1) is 15.9. The minimum Gasteiger partial charge on any atom is -0.396 e. The van der Waals surface area contributed by atoms with Gasteiger partial charge in [0.05, 0.1) is 12.6 Å². The van der Waals surface area contributed by atoms with E-state index in [9.17, 15) is 14.3 Å². The lowest BCUT2D eigenvalue weighted by molar-refractivity contribution is -0.257. The molecular weight excluding hydrogens is 279 g/mol. The van der Waals surface area contributed by atoms with Crippen LogP contribution in [0.25, 0.3) is 0 Å². The summed E-state index contributed by atoms with van der Waals surface area (Å²) in [6.07, 6.45) is 1.59. The third-order valence-corrected chi connectivity index (χ3v) is 4.49. The third-order valence-electron chi connectivity index (χ3n) is 4.49. The molecule has 0 amide bonds. The monoisotopic (exact) mass is 300 g/mol. The molecule has 21 heavy (non-hydrogen) atoms. The number of nitrogens with two attached hydrogens (primary N) is 1. The lowest BCUT2D eigenvalue weighted by Crippen LogP contribution is -2.56. The van der Waals surface area contributed by atoms with Gasteiger partial charge >= 0.3 is 5.69 Å². The highest BCUT2D eigenvalue weighted by Gasteiger charge is 2.42. The van der Waals surface area contributed by atoms with E-state index in [1.54, 1.807) is 12.1 Å². The lowest BCUT2D eigenvalue weighted by atomic mass is 9.81. The molecule has 1 aromatic rings. The molecule has 8 heteroatoms. The van der Waals surface area contributed by atoms with Crippen molar-refractivity contribution in [2.24, 2.45) is 5.92 Å². The number of hydrogen-bond acceptors (Lipinski definition) is 6. The van der Waals surface area contributed by atoms with Gasteiger partial charge in [-0.2, -0.15) is 10.0 Å². The Bertz CT molecular complexity index is 573. The Balaban J connectivity index is 2.34. The normalized spacial score (nSPS) is 28.5. The number of nitrogen functional groups attached to an aromatic ring is 1. The maximum absolute atomic E-state index is 13.6. The molecule has 2 heterocycles. The molecule has 1 fully saturated rings. The van der Waals surface area contributed by atoms with Gasteiger partial charge in [-0.1, -0.05) is 6.92 Å². The number of aliphatic hydroxyl groups excluding tert-OH is 1. The third kappa shape index (κ3) is 2.78. The number of halogens is 1. The van der Waals surface area contributed by atoms with Gasteiger partial charge in [-0.15, -0.1) is 0 Å². The van der Waals surface area contributed by atoms with Gasteiger partial charge in [0, 0.05) is 25.4 Å². The molecule has 1 aliphatic rings. The van der Waals surface area contributed by atoms with Crippen LogP contribution in [0.5, 0.6) is 0 Å². The molecule has 0 saturated carbocycles. The van der Waals surface area contributed by atoms with E-state index in [1.165, 1.54) is 4.57 Å². The molecular formula is C13H21FN4O3. The SMILES string of the molecule is CC(CO)[C@]1(C)CC(n2cc(F)c(N)nc2=O)CON1C. The zero-order chi connectivity index (χ0) is 15.8. The fourth-order valence-corrected chi connectivity index (χ4v) is 2.62. The zero-order valence-corrected chi connectivity index (χ0v) is 12.4. The van der Waals surface area contributed by atoms with Crippen molar-refractivity contribution in [3.05, 3.63) is 22.5 Å². The van der Waals surface area contributed by atoms with Crippen molar-refractivity contribution in [3.8, 4) is 0 Å². The molecule has 1 aromatic heterocycles. The minimum absolute atomic E-state index is 0.0137. The minimum atomic E-state index is -0.731. The number of hydroxylamine groups is 2. The molecule has 0 bridgehead atoms. The van der Waals surface area contributed by atoms with Crippen LogP contribution in [0.15, 0.2) is 11.0 Å². The Labute approximate surface area is 122 Å².